The third-order valence-electron chi connectivity index (χ3n) is 6.20. The molecule has 3 heterocycles. The molecule has 6 heteroatoms. The lowest BCUT2D eigenvalue weighted by Gasteiger charge is -2.44. The van der Waals surface area contributed by atoms with Crippen molar-refractivity contribution >= 4 is 28.5 Å². The zero-order valence-electron chi connectivity index (χ0n) is 15.9. The van der Waals surface area contributed by atoms with E-state index in [1.54, 1.807) is 6.20 Å². The molecule has 2 aliphatic rings. The molecule has 2 aromatic carbocycles. The van der Waals surface area contributed by atoms with Crippen LogP contribution in [-0.4, -0.2) is 39.8 Å². The molecule has 1 fully saturated rings. The first-order valence-electron chi connectivity index (χ1n) is 9.87. The largest absolute Gasteiger partial charge is 0.487 e. The van der Waals surface area contributed by atoms with Crippen molar-refractivity contribution in [1.29, 1.82) is 0 Å². The number of nitrogens with zero attached hydrogens (tertiary/aromatic N) is 2. The highest BCUT2D eigenvalue weighted by atomic mass is 35.5. The second-order valence-corrected chi connectivity index (χ2v) is 8.33. The van der Waals surface area contributed by atoms with Crippen molar-refractivity contribution in [3.63, 3.8) is 0 Å². The summed E-state index contributed by atoms with van der Waals surface area (Å²) in [6, 6.07) is 14.5. The Morgan fingerprint density at radius 2 is 1.79 bits per heavy atom. The third-order valence-corrected chi connectivity index (χ3v) is 6.41. The van der Waals surface area contributed by atoms with Gasteiger partial charge in [0.15, 0.2) is 0 Å². The number of fused-ring (bicyclic) bond motifs is 2. The van der Waals surface area contributed by atoms with Gasteiger partial charge >= 0.3 is 6.09 Å². The molecule has 1 N–H and O–H groups in total. The number of pyridine rings is 1. The zero-order valence-corrected chi connectivity index (χ0v) is 16.7. The first-order chi connectivity index (χ1) is 14.0. The lowest BCUT2D eigenvalue weighted by atomic mass is 9.82. The van der Waals surface area contributed by atoms with Gasteiger partial charge in [-0.05, 0) is 59.2 Å². The summed E-state index contributed by atoms with van der Waals surface area (Å²) >= 11 is 6.05. The number of halogens is 1. The van der Waals surface area contributed by atoms with Gasteiger partial charge in [0.2, 0.25) is 0 Å². The fraction of sp³-hybridized carbons (Fsp3) is 0.304. The number of likely N-dealkylation sites (tertiary alicyclic amines) is 1. The average molecular weight is 409 g/mol. The SMILES string of the molecule is O=C(O)N1CCC2(CCc3cc(-c4ccc5cnc(Cl)cc5c4)ccc3O2)CC1. The van der Waals surface area contributed by atoms with Crippen molar-refractivity contribution in [2.75, 3.05) is 13.1 Å². The Hall–Kier alpha value is -2.79. The molecule has 148 valence electrons. The van der Waals surface area contributed by atoms with Gasteiger partial charge in [-0.2, -0.15) is 0 Å². The second-order valence-electron chi connectivity index (χ2n) is 7.95. The number of hydrogen-bond acceptors (Lipinski definition) is 3. The van der Waals surface area contributed by atoms with Crippen molar-refractivity contribution in [2.24, 2.45) is 0 Å². The normalized spacial score (nSPS) is 17.8. The third kappa shape index (κ3) is 3.40. The number of aryl methyl sites for hydroxylation is 1. The number of carboxylic acid groups (broad SMARTS) is 1. The number of carbonyl (C=O) groups is 1. The Labute approximate surface area is 173 Å². The van der Waals surface area contributed by atoms with Crippen molar-refractivity contribution in [3.05, 3.63) is 59.4 Å². The summed E-state index contributed by atoms with van der Waals surface area (Å²) in [7, 11) is 0. The van der Waals surface area contributed by atoms with Crippen LogP contribution in [0, 0.1) is 0 Å². The minimum absolute atomic E-state index is 0.229. The molecule has 0 bridgehead atoms. The number of amides is 1. The standard InChI is InChI=1S/C23H21ClN2O3/c24-21-13-19-12-15(1-2-18(19)14-25-21)16-3-4-20-17(11-16)5-6-23(29-20)7-9-26(10-8-23)22(27)28/h1-4,11-14H,5-10H2,(H,27,28). The summed E-state index contributed by atoms with van der Waals surface area (Å²) in [5.74, 6) is 0.928. The van der Waals surface area contributed by atoms with Crippen molar-refractivity contribution in [1.82, 2.24) is 9.88 Å². The van der Waals surface area contributed by atoms with Gasteiger partial charge in [-0.25, -0.2) is 9.78 Å². The van der Waals surface area contributed by atoms with Crippen LogP contribution in [0.15, 0.2) is 48.7 Å². The number of hydrogen-bond donors (Lipinski definition) is 1. The van der Waals surface area contributed by atoms with Crippen LogP contribution in [0.1, 0.15) is 24.8 Å². The van der Waals surface area contributed by atoms with Gasteiger partial charge in [0.25, 0.3) is 0 Å². The molecule has 0 atom stereocenters. The highest BCUT2D eigenvalue weighted by Crippen LogP contribution is 2.41. The van der Waals surface area contributed by atoms with Gasteiger partial charge in [-0.15, -0.1) is 0 Å². The molecule has 1 aromatic heterocycles. The summed E-state index contributed by atoms with van der Waals surface area (Å²) < 4.78 is 6.42. The molecule has 1 saturated heterocycles. The molecule has 1 spiro atoms. The van der Waals surface area contributed by atoms with E-state index in [0.717, 1.165) is 53.3 Å². The summed E-state index contributed by atoms with van der Waals surface area (Å²) in [4.78, 5) is 16.8. The summed E-state index contributed by atoms with van der Waals surface area (Å²) in [5, 5.41) is 11.8. The van der Waals surface area contributed by atoms with E-state index in [9.17, 15) is 9.90 Å². The van der Waals surface area contributed by atoms with Crippen LogP contribution in [0.2, 0.25) is 5.15 Å². The van der Waals surface area contributed by atoms with Crippen molar-refractivity contribution in [2.45, 2.75) is 31.3 Å². The van der Waals surface area contributed by atoms with E-state index in [1.165, 1.54) is 10.5 Å². The maximum atomic E-state index is 11.2. The quantitative estimate of drug-likeness (QED) is 0.548. The van der Waals surface area contributed by atoms with E-state index in [1.807, 2.05) is 6.07 Å². The minimum atomic E-state index is -0.840. The smallest absolute Gasteiger partial charge is 0.407 e. The van der Waals surface area contributed by atoms with E-state index < -0.39 is 6.09 Å². The van der Waals surface area contributed by atoms with E-state index in [0.29, 0.717) is 18.2 Å². The Morgan fingerprint density at radius 1 is 1.03 bits per heavy atom. The molecule has 5 nitrogen and oxygen atoms in total. The molecular weight excluding hydrogens is 388 g/mol. The first kappa shape index (κ1) is 18.3. The molecular formula is C23H21ClN2O3. The van der Waals surface area contributed by atoms with Gasteiger partial charge in [0.05, 0.1) is 0 Å². The van der Waals surface area contributed by atoms with Crippen LogP contribution < -0.4 is 4.74 Å². The van der Waals surface area contributed by atoms with Gasteiger partial charge < -0.3 is 14.7 Å². The van der Waals surface area contributed by atoms with Gasteiger partial charge in [-0.1, -0.05) is 29.8 Å². The molecule has 0 aliphatic carbocycles. The minimum Gasteiger partial charge on any atom is -0.487 e. The number of ether oxygens (including phenoxy) is 1. The number of rotatable bonds is 1. The van der Waals surface area contributed by atoms with Crippen LogP contribution in [-0.2, 0) is 6.42 Å². The highest BCUT2D eigenvalue weighted by molar-refractivity contribution is 6.30. The van der Waals surface area contributed by atoms with Crippen molar-refractivity contribution in [3.8, 4) is 16.9 Å². The van der Waals surface area contributed by atoms with E-state index in [-0.39, 0.29) is 5.60 Å². The molecule has 3 aromatic rings. The van der Waals surface area contributed by atoms with Crippen LogP contribution in [0.5, 0.6) is 5.75 Å². The van der Waals surface area contributed by atoms with E-state index in [4.69, 9.17) is 16.3 Å². The van der Waals surface area contributed by atoms with Gasteiger partial charge in [0.1, 0.15) is 16.5 Å². The summed E-state index contributed by atoms with van der Waals surface area (Å²) in [5.41, 5.74) is 3.27. The maximum Gasteiger partial charge on any atom is 0.407 e. The van der Waals surface area contributed by atoms with E-state index in [2.05, 4.69) is 41.4 Å². The first-order valence-corrected chi connectivity index (χ1v) is 10.2. The number of benzene rings is 2. The Kier molecular flexibility index (Phi) is 4.36. The topological polar surface area (TPSA) is 62.7 Å². The fourth-order valence-corrected chi connectivity index (χ4v) is 4.62. The zero-order chi connectivity index (χ0) is 20.0. The Bertz CT molecular complexity index is 1110. The van der Waals surface area contributed by atoms with Crippen LogP contribution >= 0.6 is 11.6 Å². The maximum absolute atomic E-state index is 11.2. The van der Waals surface area contributed by atoms with Crippen molar-refractivity contribution < 1.29 is 14.6 Å². The lowest BCUT2D eigenvalue weighted by Crippen LogP contribution is -2.50. The van der Waals surface area contributed by atoms with Gasteiger partial charge in [0, 0.05) is 37.5 Å². The molecule has 5 rings (SSSR count). The highest BCUT2D eigenvalue weighted by Gasteiger charge is 2.40. The van der Waals surface area contributed by atoms with Gasteiger partial charge in [-0.3, -0.25) is 0 Å². The van der Waals surface area contributed by atoms with Crippen LogP contribution in [0.4, 0.5) is 4.79 Å². The molecule has 0 unspecified atom stereocenters. The predicted molar refractivity (Wildman–Crippen MR) is 113 cm³/mol. The molecule has 1 amide bonds. The molecule has 0 radical (unpaired) electrons. The Morgan fingerprint density at radius 3 is 2.59 bits per heavy atom. The predicted octanol–water partition coefficient (Wildman–Crippen LogP) is 5.39. The monoisotopic (exact) mass is 408 g/mol. The fourth-order valence-electron chi connectivity index (χ4n) is 4.45. The molecule has 29 heavy (non-hydrogen) atoms. The Balaban J connectivity index is 1.40. The number of piperidine rings is 1. The molecule has 0 saturated carbocycles. The molecule has 2 aliphatic heterocycles. The van der Waals surface area contributed by atoms with E-state index >= 15 is 0 Å². The number of aromatic nitrogens is 1. The summed E-state index contributed by atoms with van der Waals surface area (Å²) in [6.07, 6.45) is 4.32. The summed E-state index contributed by atoms with van der Waals surface area (Å²) in [6.45, 7) is 1.08. The lowest BCUT2D eigenvalue weighted by molar-refractivity contribution is -0.0103. The van der Waals surface area contributed by atoms with Crippen LogP contribution in [0.3, 0.4) is 0 Å². The second kappa shape index (κ2) is 6.92. The van der Waals surface area contributed by atoms with Crippen LogP contribution in [0.25, 0.3) is 21.9 Å². The average Bonchev–Trinajstić information content (AvgIpc) is 2.73.